The van der Waals surface area contributed by atoms with Crippen molar-refractivity contribution in [3.05, 3.63) is 60.7 Å². The van der Waals surface area contributed by atoms with Gasteiger partial charge in [0.05, 0.1) is 0 Å². The smallest absolute Gasteiger partial charge is 0.00752 e. The van der Waals surface area contributed by atoms with Gasteiger partial charge in [-0.05, 0) is 30.4 Å². The standard InChI is InChI=1S/C18H23PS/c1-18(2,3)20-15-14-19(16-10-6-4-7-11-16)17-12-8-5-9-13-17/h4-13H,14-15H2,1-3H3. The van der Waals surface area contributed by atoms with Gasteiger partial charge in [-0.2, -0.15) is 11.8 Å². The minimum atomic E-state index is -0.225. The maximum atomic E-state index is 2.30. The van der Waals surface area contributed by atoms with E-state index in [4.69, 9.17) is 0 Å². The van der Waals surface area contributed by atoms with Crippen molar-refractivity contribution in [3.63, 3.8) is 0 Å². The third kappa shape index (κ3) is 4.96. The van der Waals surface area contributed by atoms with Gasteiger partial charge in [-0.15, -0.1) is 0 Å². The van der Waals surface area contributed by atoms with Crippen molar-refractivity contribution in [1.82, 2.24) is 0 Å². The van der Waals surface area contributed by atoms with Crippen LogP contribution >= 0.6 is 19.7 Å². The molecule has 0 saturated heterocycles. The first-order valence-corrected chi connectivity index (χ1v) is 9.59. The summed E-state index contributed by atoms with van der Waals surface area (Å²) in [7, 11) is -0.225. The molecule has 2 rings (SSSR count). The van der Waals surface area contributed by atoms with Crippen LogP contribution in [0.5, 0.6) is 0 Å². The van der Waals surface area contributed by atoms with Crippen molar-refractivity contribution in [2.75, 3.05) is 11.9 Å². The third-order valence-electron chi connectivity index (χ3n) is 2.99. The molecule has 0 nitrogen and oxygen atoms in total. The van der Waals surface area contributed by atoms with Gasteiger partial charge in [0, 0.05) is 4.75 Å². The first kappa shape index (κ1) is 15.6. The Labute approximate surface area is 128 Å². The summed E-state index contributed by atoms with van der Waals surface area (Å²) in [5, 5.41) is 2.98. The van der Waals surface area contributed by atoms with Gasteiger partial charge in [-0.25, -0.2) is 0 Å². The first-order valence-electron chi connectivity index (χ1n) is 7.08. The summed E-state index contributed by atoms with van der Waals surface area (Å²) in [6.45, 7) is 6.89. The molecule has 0 heterocycles. The quantitative estimate of drug-likeness (QED) is 0.724. The van der Waals surface area contributed by atoms with Crippen LogP contribution in [0.2, 0.25) is 0 Å². The fourth-order valence-electron chi connectivity index (χ4n) is 2.07. The van der Waals surface area contributed by atoms with Crippen LogP contribution in [0.4, 0.5) is 0 Å². The van der Waals surface area contributed by atoms with E-state index >= 15 is 0 Å². The lowest BCUT2D eigenvalue weighted by Gasteiger charge is -2.22. The Hall–Kier alpha value is -0.780. The van der Waals surface area contributed by atoms with Crippen molar-refractivity contribution in [2.45, 2.75) is 25.5 Å². The van der Waals surface area contributed by atoms with Crippen LogP contribution in [0, 0.1) is 0 Å². The van der Waals surface area contributed by atoms with Crippen LogP contribution in [0.15, 0.2) is 60.7 Å². The van der Waals surface area contributed by atoms with Crippen LogP contribution in [0.1, 0.15) is 20.8 Å². The molecule has 0 bridgehead atoms. The third-order valence-corrected chi connectivity index (χ3v) is 7.08. The fraction of sp³-hybridized carbons (Fsp3) is 0.333. The Morgan fingerprint density at radius 3 is 1.65 bits per heavy atom. The normalized spacial score (nSPS) is 11.8. The van der Waals surface area contributed by atoms with E-state index in [0.717, 1.165) is 0 Å². The van der Waals surface area contributed by atoms with Crippen LogP contribution in [0.3, 0.4) is 0 Å². The largest absolute Gasteiger partial charge is 0.156 e. The molecule has 0 saturated carbocycles. The zero-order chi connectivity index (χ0) is 14.4. The van der Waals surface area contributed by atoms with Gasteiger partial charge in [-0.3, -0.25) is 0 Å². The van der Waals surface area contributed by atoms with E-state index < -0.39 is 0 Å². The van der Waals surface area contributed by atoms with Crippen molar-refractivity contribution >= 4 is 30.3 Å². The number of hydrogen-bond donors (Lipinski definition) is 0. The lowest BCUT2D eigenvalue weighted by atomic mass is 10.3. The molecule has 0 atom stereocenters. The molecule has 0 N–H and O–H groups in total. The van der Waals surface area contributed by atoms with E-state index in [1.165, 1.54) is 22.5 Å². The predicted octanol–water partition coefficient (Wildman–Crippen LogP) is 4.65. The summed E-state index contributed by atoms with van der Waals surface area (Å²) in [5.74, 6) is 1.22. The molecule has 2 aromatic carbocycles. The average Bonchev–Trinajstić information content (AvgIpc) is 2.44. The molecule has 0 fully saturated rings. The second-order valence-electron chi connectivity index (χ2n) is 5.78. The Morgan fingerprint density at radius 2 is 1.25 bits per heavy atom. The summed E-state index contributed by atoms with van der Waals surface area (Å²) >= 11 is 2.07. The molecule has 0 unspecified atom stereocenters. The molecule has 0 aliphatic rings. The number of thioether (sulfide) groups is 1. The summed E-state index contributed by atoms with van der Waals surface area (Å²) in [6, 6.07) is 21.9. The molecular weight excluding hydrogens is 279 g/mol. The molecule has 0 aromatic heterocycles. The second kappa shape index (κ2) is 7.29. The van der Waals surface area contributed by atoms with Gasteiger partial charge < -0.3 is 0 Å². The van der Waals surface area contributed by atoms with E-state index in [9.17, 15) is 0 Å². The second-order valence-corrected chi connectivity index (χ2v) is 10.0. The molecule has 106 valence electrons. The molecule has 0 aliphatic carbocycles. The van der Waals surface area contributed by atoms with E-state index in [-0.39, 0.29) is 7.92 Å². The lowest BCUT2D eigenvalue weighted by Crippen LogP contribution is -2.16. The number of rotatable bonds is 5. The van der Waals surface area contributed by atoms with Gasteiger partial charge in [0.1, 0.15) is 0 Å². The van der Waals surface area contributed by atoms with Crippen molar-refractivity contribution in [1.29, 1.82) is 0 Å². The van der Waals surface area contributed by atoms with Crippen LogP contribution in [-0.4, -0.2) is 16.7 Å². The summed E-state index contributed by atoms with van der Waals surface area (Å²) in [4.78, 5) is 0. The highest BCUT2D eigenvalue weighted by Gasteiger charge is 2.16. The summed E-state index contributed by atoms with van der Waals surface area (Å²) < 4.78 is 0.356. The average molecular weight is 302 g/mol. The van der Waals surface area contributed by atoms with Gasteiger partial charge in [0.15, 0.2) is 0 Å². The molecule has 0 spiro atoms. The van der Waals surface area contributed by atoms with E-state index in [2.05, 4.69) is 93.2 Å². The molecule has 2 heteroatoms. The summed E-state index contributed by atoms with van der Waals surface area (Å²) in [6.07, 6.45) is 1.26. The zero-order valence-electron chi connectivity index (χ0n) is 12.5. The number of benzene rings is 2. The zero-order valence-corrected chi connectivity index (χ0v) is 14.3. The van der Waals surface area contributed by atoms with Crippen molar-refractivity contribution in [2.24, 2.45) is 0 Å². The van der Waals surface area contributed by atoms with Gasteiger partial charge >= 0.3 is 0 Å². The maximum Gasteiger partial charge on any atom is 0.00752 e. The molecule has 0 aliphatic heterocycles. The van der Waals surface area contributed by atoms with Gasteiger partial charge in [0.25, 0.3) is 0 Å². The predicted molar refractivity (Wildman–Crippen MR) is 96.2 cm³/mol. The Morgan fingerprint density at radius 1 is 0.800 bits per heavy atom. The number of hydrogen-bond acceptors (Lipinski definition) is 1. The molecule has 0 radical (unpaired) electrons. The topological polar surface area (TPSA) is 0 Å². The SMILES string of the molecule is CC(C)(C)SCCP(c1ccccc1)c1ccccc1. The lowest BCUT2D eigenvalue weighted by molar-refractivity contribution is 0.803. The Kier molecular flexibility index (Phi) is 5.69. The summed E-state index contributed by atoms with van der Waals surface area (Å²) in [5.41, 5.74) is 0. The Bertz CT molecular complexity index is 462. The molecule has 20 heavy (non-hydrogen) atoms. The minimum absolute atomic E-state index is 0.225. The molecule has 2 aromatic rings. The van der Waals surface area contributed by atoms with Crippen LogP contribution in [-0.2, 0) is 0 Å². The fourth-order valence-corrected chi connectivity index (χ4v) is 5.65. The van der Waals surface area contributed by atoms with Crippen LogP contribution < -0.4 is 10.6 Å². The highest BCUT2D eigenvalue weighted by molar-refractivity contribution is 8.01. The van der Waals surface area contributed by atoms with Gasteiger partial charge in [-0.1, -0.05) is 81.4 Å². The highest BCUT2D eigenvalue weighted by Crippen LogP contribution is 2.36. The van der Waals surface area contributed by atoms with Crippen LogP contribution in [0.25, 0.3) is 0 Å². The monoisotopic (exact) mass is 302 g/mol. The minimum Gasteiger partial charge on any atom is -0.156 e. The Balaban J connectivity index is 2.13. The molecular formula is C18H23PS. The van der Waals surface area contributed by atoms with E-state index in [1.54, 1.807) is 0 Å². The highest BCUT2D eigenvalue weighted by atomic mass is 32.2. The first-order chi connectivity index (χ1) is 9.56. The molecule has 0 amide bonds. The van der Waals surface area contributed by atoms with Crippen molar-refractivity contribution < 1.29 is 0 Å². The van der Waals surface area contributed by atoms with Gasteiger partial charge in [0.2, 0.25) is 0 Å². The van der Waals surface area contributed by atoms with Crippen molar-refractivity contribution in [3.8, 4) is 0 Å². The maximum absolute atomic E-state index is 2.30. The van der Waals surface area contributed by atoms with E-state index in [1.807, 2.05) is 0 Å². The van der Waals surface area contributed by atoms with E-state index in [0.29, 0.717) is 4.75 Å².